The zero-order valence-electron chi connectivity index (χ0n) is 17.8. The summed E-state index contributed by atoms with van der Waals surface area (Å²) in [6, 6.07) is 12.3. The van der Waals surface area contributed by atoms with Crippen molar-refractivity contribution >= 4 is 34.6 Å². The van der Waals surface area contributed by atoms with Crippen molar-refractivity contribution in [1.82, 2.24) is 25.0 Å². The van der Waals surface area contributed by atoms with E-state index in [0.717, 1.165) is 34.5 Å². The summed E-state index contributed by atoms with van der Waals surface area (Å²) in [5, 5.41) is 16.2. The van der Waals surface area contributed by atoms with Crippen LogP contribution in [0.15, 0.2) is 58.3 Å². The van der Waals surface area contributed by atoms with Gasteiger partial charge < -0.3 is 20.0 Å². The Morgan fingerprint density at radius 1 is 1.30 bits per heavy atom. The highest BCUT2D eigenvalue weighted by atomic mass is 32.2. The van der Waals surface area contributed by atoms with Gasteiger partial charge in [-0.2, -0.15) is 5.26 Å². The molecular weight excluding hydrogens is 438 g/mol. The average Bonchev–Trinajstić information content (AvgIpc) is 3.50. The zero-order chi connectivity index (χ0) is 22.8. The van der Waals surface area contributed by atoms with E-state index in [1.54, 1.807) is 31.3 Å². The lowest BCUT2D eigenvalue weighted by atomic mass is 9.87. The van der Waals surface area contributed by atoms with E-state index in [9.17, 15) is 4.79 Å². The number of rotatable bonds is 7. The maximum Gasteiger partial charge on any atom is 0.272 e. The number of hydrogen-bond acceptors (Lipinski definition) is 8. The molecule has 3 aromatic heterocycles. The quantitative estimate of drug-likeness (QED) is 0.308. The molecule has 0 unspecified atom stereocenters. The number of nitriles is 1. The fourth-order valence-corrected chi connectivity index (χ4v) is 4.60. The fourth-order valence-electron chi connectivity index (χ4n) is 3.77. The van der Waals surface area contributed by atoms with Crippen LogP contribution in [0.4, 0.5) is 5.69 Å². The van der Waals surface area contributed by atoms with Gasteiger partial charge in [0.2, 0.25) is 5.89 Å². The average molecular weight is 460 g/mol. The van der Waals surface area contributed by atoms with Crippen molar-refractivity contribution in [3.63, 3.8) is 0 Å². The van der Waals surface area contributed by atoms with Crippen molar-refractivity contribution in [2.24, 2.45) is 0 Å². The lowest BCUT2D eigenvalue weighted by molar-refractivity contribution is 0.0958. The van der Waals surface area contributed by atoms with Crippen LogP contribution in [0.5, 0.6) is 0 Å². The van der Waals surface area contributed by atoms with Gasteiger partial charge in [0.1, 0.15) is 11.9 Å². The molecule has 1 aromatic carbocycles. The molecule has 4 aromatic rings. The van der Waals surface area contributed by atoms with Crippen molar-refractivity contribution in [3.05, 3.63) is 60.2 Å². The smallest absolute Gasteiger partial charge is 0.272 e. The molecule has 1 fully saturated rings. The van der Waals surface area contributed by atoms with Crippen LogP contribution in [0.25, 0.3) is 22.5 Å². The van der Waals surface area contributed by atoms with Gasteiger partial charge in [0.05, 0.1) is 22.9 Å². The van der Waals surface area contributed by atoms with Gasteiger partial charge in [0, 0.05) is 41.8 Å². The van der Waals surface area contributed by atoms with Crippen molar-refractivity contribution in [2.45, 2.75) is 29.8 Å². The van der Waals surface area contributed by atoms with E-state index in [0.29, 0.717) is 23.1 Å². The molecule has 1 saturated carbocycles. The topological polar surface area (TPSA) is 132 Å². The van der Waals surface area contributed by atoms with Crippen LogP contribution in [-0.4, -0.2) is 40.0 Å². The van der Waals surface area contributed by atoms with E-state index in [2.05, 4.69) is 36.4 Å². The maximum absolute atomic E-state index is 11.9. The number of aromatic nitrogens is 3. The third-order valence-corrected chi connectivity index (χ3v) is 6.51. The Hall–Kier alpha value is -3.81. The number of pyridine rings is 1. The Bertz CT molecular complexity index is 1350. The van der Waals surface area contributed by atoms with Crippen molar-refractivity contribution in [1.29, 1.82) is 5.26 Å². The number of benzene rings is 1. The number of nitrogens with one attached hydrogen (secondary N) is 4. The third-order valence-electron chi connectivity index (χ3n) is 5.57. The van der Waals surface area contributed by atoms with Crippen LogP contribution in [0.2, 0.25) is 0 Å². The number of carbonyl (C=O) groups excluding carboxylic acids is 1. The largest absolute Gasteiger partial charge is 0.443 e. The van der Waals surface area contributed by atoms with Crippen molar-refractivity contribution < 1.29 is 9.21 Å². The molecule has 4 N–H and O–H groups in total. The van der Waals surface area contributed by atoms with Crippen molar-refractivity contribution in [3.8, 4) is 17.5 Å². The minimum absolute atomic E-state index is 0.220. The monoisotopic (exact) mass is 459 g/mol. The van der Waals surface area contributed by atoms with Gasteiger partial charge in [-0.15, -0.1) is 0 Å². The van der Waals surface area contributed by atoms with Crippen LogP contribution in [0, 0.1) is 11.3 Å². The summed E-state index contributed by atoms with van der Waals surface area (Å²) in [7, 11) is 1.55. The molecule has 9 nitrogen and oxygen atoms in total. The van der Waals surface area contributed by atoms with E-state index < -0.39 is 0 Å². The van der Waals surface area contributed by atoms with Crippen LogP contribution < -0.4 is 15.4 Å². The third kappa shape index (κ3) is 4.28. The maximum atomic E-state index is 11.9. The lowest BCUT2D eigenvalue weighted by Crippen LogP contribution is -2.45. The molecule has 166 valence electrons. The Morgan fingerprint density at radius 3 is 3.00 bits per heavy atom. The molecule has 1 aliphatic rings. The van der Waals surface area contributed by atoms with Gasteiger partial charge in [-0.1, -0.05) is 6.07 Å². The molecule has 0 spiro atoms. The second-order valence-corrected chi connectivity index (χ2v) is 8.68. The first-order valence-electron chi connectivity index (χ1n) is 10.5. The van der Waals surface area contributed by atoms with Gasteiger partial charge in [-0.3, -0.25) is 9.52 Å². The first kappa shape index (κ1) is 21.1. The highest BCUT2D eigenvalue weighted by Gasteiger charge is 2.30. The van der Waals surface area contributed by atoms with Crippen LogP contribution in [0.3, 0.4) is 0 Å². The SMILES string of the molecule is CNC(=O)c1coc(-c2cnc3[nH]ccc3c2N[C@H]2C[C@@H](NSc3cccc(C#N)c3)C2)n1. The lowest BCUT2D eigenvalue weighted by Gasteiger charge is -2.37. The van der Waals surface area contributed by atoms with E-state index in [-0.39, 0.29) is 17.6 Å². The minimum Gasteiger partial charge on any atom is -0.443 e. The summed E-state index contributed by atoms with van der Waals surface area (Å²) in [6.45, 7) is 0. The van der Waals surface area contributed by atoms with E-state index in [1.165, 1.54) is 6.26 Å². The predicted molar refractivity (Wildman–Crippen MR) is 126 cm³/mol. The Labute approximate surface area is 194 Å². The van der Waals surface area contributed by atoms with Crippen molar-refractivity contribution in [2.75, 3.05) is 12.4 Å². The highest BCUT2D eigenvalue weighted by molar-refractivity contribution is 7.97. The van der Waals surface area contributed by atoms with Crippen LogP contribution >= 0.6 is 11.9 Å². The Balaban J connectivity index is 1.29. The summed E-state index contributed by atoms with van der Waals surface area (Å²) < 4.78 is 9.08. The molecule has 10 heteroatoms. The number of aromatic amines is 1. The molecule has 0 saturated heterocycles. The number of amides is 1. The van der Waals surface area contributed by atoms with Gasteiger partial charge in [-0.25, -0.2) is 9.97 Å². The number of oxazole rings is 1. The predicted octanol–water partition coefficient (Wildman–Crippen LogP) is 3.69. The first-order valence-corrected chi connectivity index (χ1v) is 11.3. The molecule has 1 aliphatic carbocycles. The minimum atomic E-state index is -0.305. The number of anilines is 1. The second kappa shape index (κ2) is 8.97. The summed E-state index contributed by atoms with van der Waals surface area (Å²) >= 11 is 1.55. The molecule has 5 rings (SSSR count). The molecule has 1 amide bonds. The Morgan fingerprint density at radius 2 is 2.18 bits per heavy atom. The zero-order valence-corrected chi connectivity index (χ0v) is 18.6. The molecule has 3 heterocycles. The van der Waals surface area contributed by atoms with Gasteiger partial charge in [0.15, 0.2) is 5.69 Å². The van der Waals surface area contributed by atoms with Gasteiger partial charge in [-0.05, 0) is 49.1 Å². The summed E-state index contributed by atoms with van der Waals surface area (Å²) in [5.41, 5.74) is 3.22. The van der Waals surface area contributed by atoms with Gasteiger partial charge in [0.25, 0.3) is 5.91 Å². The van der Waals surface area contributed by atoms with Crippen LogP contribution in [-0.2, 0) is 0 Å². The number of H-pyrrole nitrogens is 1. The molecule has 0 atom stereocenters. The molecular formula is C23H21N7O2S. The summed E-state index contributed by atoms with van der Waals surface area (Å²) in [5.74, 6) is 0.0366. The molecule has 0 aliphatic heterocycles. The van der Waals surface area contributed by atoms with Crippen LogP contribution in [0.1, 0.15) is 28.9 Å². The van der Waals surface area contributed by atoms with E-state index in [4.69, 9.17) is 9.68 Å². The first-order chi connectivity index (χ1) is 16.1. The number of hydrogen-bond donors (Lipinski definition) is 4. The molecule has 33 heavy (non-hydrogen) atoms. The summed E-state index contributed by atoms with van der Waals surface area (Å²) in [4.78, 5) is 24.8. The molecule has 0 radical (unpaired) electrons. The molecule has 0 bridgehead atoms. The normalized spacial score (nSPS) is 17.3. The fraction of sp³-hybridized carbons (Fsp3) is 0.217. The number of nitrogens with zero attached hydrogens (tertiary/aromatic N) is 3. The van der Waals surface area contributed by atoms with E-state index in [1.807, 2.05) is 30.5 Å². The van der Waals surface area contributed by atoms with Gasteiger partial charge >= 0.3 is 0 Å². The number of fused-ring (bicyclic) bond motifs is 1. The second-order valence-electron chi connectivity index (χ2n) is 7.77. The van der Waals surface area contributed by atoms with E-state index >= 15 is 0 Å². The standard InChI is InChI=1S/C23H21N7O2S/c1-25-22(31)19-12-32-23(29-19)18-11-27-21-17(5-6-26-21)20(18)28-14-8-15(9-14)30-33-16-4-2-3-13(7-16)10-24/h2-7,11-12,14-15,30H,8-9H2,1H3,(H,25,31)(H2,26,27,28)/t14-,15+. The summed E-state index contributed by atoms with van der Waals surface area (Å²) in [6.07, 6.45) is 6.77. The highest BCUT2D eigenvalue weighted by Crippen LogP contribution is 2.36. The Kier molecular flexibility index (Phi) is 5.73. The number of carbonyl (C=O) groups is 1.